The summed E-state index contributed by atoms with van der Waals surface area (Å²) >= 11 is 1.93. The maximum Gasteiger partial charge on any atom is 0.231 e. The molecule has 0 spiro atoms. The van der Waals surface area contributed by atoms with E-state index in [0.717, 1.165) is 36.7 Å². The van der Waals surface area contributed by atoms with Crippen LogP contribution >= 0.6 is 11.8 Å². The summed E-state index contributed by atoms with van der Waals surface area (Å²) in [5.41, 5.74) is 5.86. The lowest BCUT2D eigenvalue weighted by Gasteiger charge is -2.25. The molecule has 2 aliphatic heterocycles. The topological polar surface area (TPSA) is 50.8 Å². The minimum atomic E-state index is -0.0545. The lowest BCUT2D eigenvalue weighted by atomic mass is 10.1. The molecular weight excluding hydrogens is 420 g/mol. The standard InChI is InChI=1S/C26H26N2O3S/c1-17-3-9-22-26(13-17)32-25(20-6-10-23-24(14-20)31-16-30-23)11-12-28(22)15-19-4-7-21(8-5-19)27-18(2)29/h3-10,13-14,25H,11-12,15-16H2,1-2H3,(H,27,29). The average molecular weight is 447 g/mol. The van der Waals surface area contributed by atoms with Crippen molar-refractivity contribution in [2.75, 3.05) is 23.6 Å². The third kappa shape index (κ3) is 4.41. The largest absolute Gasteiger partial charge is 0.454 e. The first-order valence-electron chi connectivity index (χ1n) is 10.8. The maximum absolute atomic E-state index is 11.3. The molecule has 2 aliphatic rings. The summed E-state index contributed by atoms with van der Waals surface area (Å²) in [5, 5.41) is 3.18. The van der Waals surface area contributed by atoms with E-state index in [9.17, 15) is 4.79 Å². The smallest absolute Gasteiger partial charge is 0.231 e. The Balaban J connectivity index is 1.40. The molecule has 1 atom stereocenters. The Bertz CT molecular complexity index is 1150. The van der Waals surface area contributed by atoms with E-state index in [0.29, 0.717) is 12.0 Å². The maximum atomic E-state index is 11.3. The first-order chi connectivity index (χ1) is 15.5. The van der Waals surface area contributed by atoms with Gasteiger partial charge in [-0.05, 0) is 66.4 Å². The molecule has 0 aromatic heterocycles. The van der Waals surface area contributed by atoms with Crippen LogP contribution in [0.15, 0.2) is 65.6 Å². The Morgan fingerprint density at radius 2 is 1.88 bits per heavy atom. The molecule has 3 aromatic carbocycles. The number of thioether (sulfide) groups is 1. The van der Waals surface area contributed by atoms with Crippen molar-refractivity contribution in [3.63, 3.8) is 0 Å². The number of ether oxygens (including phenoxy) is 2. The van der Waals surface area contributed by atoms with E-state index in [-0.39, 0.29) is 5.91 Å². The van der Waals surface area contributed by atoms with Gasteiger partial charge in [0.05, 0.1) is 5.69 Å². The van der Waals surface area contributed by atoms with Gasteiger partial charge in [-0.3, -0.25) is 4.79 Å². The number of rotatable bonds is 4. The number of carbonyl (C=O) groups is 1. The Kier molecular flexibility index (Phi) is 5.70. The molecule has 2 heterocycles. The highest BCUT2D eigenvalue weighted by Crippen LogP contribution is 2.47. The fraction of sp³-hybridized carbons (Fsp3) is 0.269. The van der Waals surface area contributed by atoms with Crippen LogP contribution in [0.2, 0.25) is 0 Å². The van der Waals surface area contributed by atoms with Crippen molar-refractivity contribution < 1.29 is 14.3 Å². The van der Waals surface area contributed by atoms with Crippen molar-refractivity contribution in [2.24, 2.45) is 0 Å². The average Bonchev–Trinajstić information content (AvgIpc) is 3.17. The molecule has 1 amide bonds. The molecule has 0 aliphatic carbocycles. The van der Waals surface area contributed by atoms with Gasteiger partial charge in [0.1, 0.15) is 0 Å². The highest BCUT2D eigenvalue weighted by atomic mass is 32.2. The van der Waals surface area contributed by atoms with Crippen LogP contribution in [0, 0.1) is 6.92 Å². The van der Waals surface area contributed by atoms with Crippen LogP contribution in [-0.2, 0) is 11.3 Å². The monoisotopic (exact) mass is 446 g/mol. The molecule has 0 radical (unpaired) electrons. The second-order valence-corrected chi connectivity index (χ2v) is 9.52. The Hall–Kier alpha value is -3.12. The lowest BCUT2D eigenvalue weighted by Crippen LogP contribution is -2.24. The van der Waals surface area contributed by atoms with E-state index in [1.807, 2.05) is 30.0 Å². The number of nitrogens with zero attached hydrogens (tertiary/aromatic N) is 1. The summed E-state index contributed by atoms with van der Waals surface area (Å²) in [6, 6.07) is 21.1. The van der Waals surface area contributed by atoms with Crippen LogP contribution in [0.1, 0.15) is 35.3 Å². The number of fused-ring (bicyclic) bond motifs is 2. The van der Waals surface area contributed by atoms with E-state index in [1.165, 1.54) is 34.2 Å². The molecule has 0 saturated carbocycles. The van der Waals surface area contributed by atoms with E-state index < -0.39 is 0 Å². The van der Waals surface area contributed by atoms with Crippen LogP contribution in [0.3, 0.4) is 0 Å². The molecule has 0 bridgehead atoms. The number of nitrogens with one attached hydrogen (secondary N) is 1. The van der Waals surface area contributed by atoms with Crippen LogP contribution in [0.5, 0.6) is 11.5 Å². The summed E-state index contributed by atoms with van der Waals surface area (Å²) < 4.78 is 11.1. The predicted molar refractivity (Wildman–Crippen MR) is 129 cm³/mol. The van der Waals surface area contributed by atoms with E-state index in [4.69, 9.17) is 9.47 Å². The molecular formula is C26H26N2O3S. The number of benzene rings is 3. The van der Waals surface area contributed by atoms with E-state index in [1.54, 1.807) is 0 Å². The molecule has 3 aromatic rings. The molecule has 5 nitrogen and oxygen atoms in total. The van der Waals surface area contributed by atoms with Gasteiger partial charge in [0.2, 0.25) is 12.7 Å². The first kappa shape index (κ1) is 20.8. The third-order valence-corrected chi connectivity index (χ3v) is 7.18. The van der Waals surface area contributed by atoms with E-state index in [2.05, 4.69) is 59.6 Å². The van der Waals surface area contributed by atoms with Crippen LogP contribution in [0.25, 0.3) is 0 Å². The van der Waals surface area contributed by atoms with Crippen molar-refractivity contribution in [3.05, 3.63) is 77.4 Å². The predicted octanol–water partition coefficient (Wildman–Crippen LogP) is 5.93. The third-order valence-electron chi connectivity index (χ3n) is 5.80. The van der Waals surface area contributed by atoms with Crippen LogP contribution < -0.4 is 19.7 Å². The van der Waals surface area contributed by atoms with Crippen molar-refractivity contribution >= 4 is 29.0 Å². The van der Waals surface area contributed by atoms with Gasteiger partial charge in [-0.25, -0.2) is 0 Å². The first-order valence-corrected chi connectivity index (χ1v) is 11.7. The molecule has 0 fully saturated rings. The van der Waals surface area contributed by atoms with Crippen LogP contribution in [-0.4, -0.2) is 19.2 Å². The molecule has 1 N–H and O–H groups in total. The molecule has 5 rings (SSSR count). The lowest BCUT2D eigenvalue weighted by molar-refractivity contribution is -0.114. The summed E-state index contributed by atoms with van der Waals surface area (Å²) in [6.07, 6.45) is 1.03. The Morgan fingerprint density at radius 3 is 2.69 bits per heavy atom. The zero-order valence-electron chi connectivity index (χ0n) is 18.3. The Labute approximate surface area is 192 Å². The zero-order valence-corrected chi connectivity index (χ0v) is 19.1. The number of hydrogen-bond donors (Lipinski definition) is 1. The molecule has 164 valence electrons. The van der Waals surface area contributed by atoms with Gasteiger partial charge in [0.15, 0.2) is 11.5 Å². The summed E-state index contributed by atoms with van der Waals surface area (Å²) in [4.78, 5) is 15.1. The van der Waals surface area contributed by atoms with Gasteiger partial charge >= 0.3 is 0 Å². The minimum Gasteiger partial charge on any atom is -0.454 e. The normalized spacial score (nSPS) is 16.9. The van der Waals surface area contributed by atoms with Crippen molar-refractivity contribution in [1.29, 1.82) is 0 Å². The fourth-order valence-corrected chi connectivity index (χ4v) is 5.60. The summed E-state index contributed by atoms with van der Waals surface area (Å²) in [5.74, 6) is 1.61. The minimum absolute atomic E-state index is 0.0545. The van der Waals surface area contributed by atoms with Crippen molar-refractivity contribution in [3.8, 4) is 11.5 Å². The second-order valence-electron chi connectivity index (χ2n) is 8.28. The molecule has 0 saturated heterocycles. The number of carbonyl (C=O) groups excluding carboxylic acids is 1. The summed E-state index contributed by atoms with van der Waals surface area (Å²) in [7, 11) is 0. The number of hydrogen-bond acceptors (Lipinski definition) is 5. The van der Waals surface area contributed by atoms with Crippen LogP contribution in [0.4, 0.5) is 11.4 Å². The molecule has 1 unspecified atom stereocenters. The van der Waals surface area contributed by atoms with Crippen molar-refractivity contribution in [2.45, 2.75) is 37.0 Å². The highest BCUT2D eigenvalue weighted by molar-refractivity contribution is 7.99. The zero-order chi connectivity index (χ0) is 22.1. The van der Waals surface area contributed by atoms with Gasteiger partial charge in [0, 0.05) is 35.8 Å². The summed E-state index contributed by atoms with van der Waals surface area (Å²) in [6.45, 7) is 5.75. The SMILES string of the molecule is CC(=O)Nc1ccc(CN2CCC(c3ccc4c(c3)OCO4)Sc3cc(C)ccc32)cc1. The van der Waals surface area contributed by atoms with Crippen molar-refractivity contribution in [1.82, 2.24) is 0 Å². The highest BCUT2D eigenvalue weighted by Gasteiger charge is 2.25. The van der Waals surface area contributed by atoms with Gasteiger partial charge in [-0.1, -0.05) is 24.3 Å². The Morgan fingerprint density at radius 1 is 1.06 bits per heavy atom. The van der Waals surface area contributed by atoms with Gasteiger partial charge in [-0.2, -0.15) is 0 Å². The number of aryl methyl sites for hydroxylation is 1. The molecule has 6 heteroatoms. The molecule has 32 heavy (non-hydrogen) atoms. The van der Waals surface area contributed by atoms with Gasteiger partial charge in [-0.15, -0.1) is 11.8 Å². The number of amides is 1. The number of anilines is 2. The quantitative estimate of drug-likeness (QED) is 0.539. The van der Waals surface area contributed by atoms with Gasteiger partial charge < -0.3 is 19.7 Å². The van der Waals surface area contributed by atoms with Gasteiger partial charge in [0.25, 0.3) is 0 Å². The fourth-order valence-electron chi connectivity index (χ4n) is 4.21. The van der Waals surface area contributed by atoms with E-state index >= 15 is 0 Å². The second kappa shape index (κ2) is 8.79.